The lowest BCUT2D eigenvalue weighted by atomic mass is 10.3. The summed E-state index contributed by atoms with van der Waals surface area (Å²) in [6.07, 6.45) is 5.32. The molecule has 4 aromatic rings. The molecule has 0 aliphatic heterocycles. The fourth-order valence-corrected chi connectivity index (χ4v) is 3.17. The van der Waals surface area contributed by atoms with E-state index in [1.54, 1.807) is 19.5 Å². The molecule has 0 amide bonds. The van der Waals surface area contributed by atoms with Crippen LogP contribution in [-0.4, -0.2) is 31.4 Å². The number of ether oxygens (including phenoxy) is 1. The van der Waals surface area contributed by atoms with Gasteiger partial charge in [0.1, 0.15) is 20.9 Å². The van der Waals surface area contributed by atoms with Crippen LogP contribution in [-0.2, 0) is 0 Å². The zero-order chi connectivity index (χ0) is 14.4. The monoisotopic (exact) mass is 315 g/mol. The van der Waals surface area contributed by atoms with Gasteiger partial charge in [-0.15, -0.1) is 0 Å². The highest BCUT2D eigenvalue weighted by Crippen LogP contribution is 2.28. The second kappa shape index (κ2) is 4.61. The highest BCUT2D eigenvalue weighted by Gasteiger charge is 2.12. The molecule has 0 aromatic carbocycles. The third-order valence-electron chi connectivity index (χ3n) is 3.08. The molecule has 0 fully saturated rings. The summed E-state index contributed by atoms with van der Waals surface area (Å²) in [4.78, 5) is 18.0. The van der Waals surface area contributed by atoms with E-state index in [-0.39, 0.29) is 0 Å². The van der Waals surface area contributed by atoms with Crippen LogP contribution in [0, 0.1) is 4.64 Å². The average molecular weight is 315 g/mol. The van der Waals surface area contributed by atoms with E-state index in [2.05, 4.69) is 19.9 Å². The number of thiazole rings is 1. The summed E-state index contributed by atoms with van der Waals surface area (Å²) in [7, 11) is 1.61. The summed E-state index contributed by atoms with van der Waals surface area (Å²) >= 11 is 6.51. The van der Waals surface area contributed by atoms with Crippen LogP contribution >= 0.6 is 23.6 Å². The zero-order valence-electron chi connectivity index (χ0n) is 10.9. The summed E-state index contributed by atoms with van der Waals surface area (Å²) in [5.74, 6) is 0.601. The van der Waals surface area contributed by atoms with E-state index in [0.717, 1.165) is 26.7 Å². The Bertz CT molecular complexity index is 996. The van der Waals surface area contributed by atoms with Gasteiger partial charge in [-0.1, -0.05) is 23.6 Å². The maximum absolute atomic E-state index is 5.14. The summed E-state index contributed by atoms with van der Waals surface area (Å²) in [6.45, 7) is 0. The van der Waals surface area contributed by atoms with Crippen LogP contribution in [0.2, 0.25) is 0 Å². The van der Waals surface area contributed by atoms with Crippen molar-refractivity contribution < 1.29 is 4.74 Å². The molecule has 0 spiro atoms. The Labute approximate surface area is 128 Å². The van der Waals surface area contributed by atoms with Crippen molar-refractivity contribution in [1.29, 1.82) is 0 Å². The zero-order valence-corrected chi connectivity index (χ0v) is 12.5. The molecular formula is C13H9N5OS2. The van der Waals surface area contributed by atoms with Gasteiger partial charge in [0, 0.05) is 18.5 Å². The highest BCUT2D eigenvalue weighted by atomic mass is 32.1. The Morgan fingerprint density at radius 2 is 2.19 bits per heavy atom. The van der Waals surface area contributed by atoms with Gasteiger partial charge in [0.15, 0.2) is 4.96 Å². The van der Waals surface area contributed by atoms with Gasteiger partial charge in [-0.05, 0) is 6.07 Å². The molecule has 4 rings (SSSR count). The molecule has 21 heavy (non-hydrogen) atoms. The van der Waals surface area contributed by atoms with E-state index in [4.69, 9.17) is 17.0 Å². The third-order valence-corrected chi connectivity index (χ3v) is 4.27. The molecular weight excluding hydrogens is 306 g/mol. The number of H-pyrrole nitrogens is 1. The molecule has 0 atom stereocenters. The smallest absolute Gasteiger partial charge is 0.214 e. The number of imidazole rings is 1. The minimum Gasteiger partial charge on any atom is -0.481 e. The summed E-state index contributed by atoms with van der Waals surface area (Å²) in [5, 5.41) is 0. The van der Waals surface area contributed by atoms with Gasteiger partial charge in [0.05, 0.1) is 18.8 Å². The molecule has 4 aromatic heterocycles. The lowest BCUT2D eigenvalue weighted by molar-refractivity contribution is 0.400. The second-order valence-electron chi connectivity index (χ2n) is 4.36. The Morgan fingerprint density at radius 1 is 1.29 bits per heavy atom. The van der Waals surface area contributed by atoms with Crippen molar-refractivity contribution in [2.75, 3.05) is 7.11 Å². The van der Waals surface area contributed by atoms with Crippen molar-refractivity contribution >= 4 is 38.9 Å². The normalized spacial score (nSPS) is 11.3. The Kier molecular flexibility index (Phi) is 2.72. The number of nitrogens with one attached hydrogen (secondary N) is 1. The molecule has 4 heterocycles. The van der Waals surface area contributed by atoms with Crippen molar-refractivity contribution in [3.05, 3.63) is 35.4 Å². The summed E-state index contributed by atoms with van der Waals surface area (Å²) in [6, 6.07) is 3.81. The third kappa shape index (κ3) is 1.99. The average Bonchev–Trinajstić information content (AvgIpc) is 3.04. The van der Waals surface area contributed by atoms with E-state index in [1.807, 2.05) is 22.7 Å². The molecule has 104 valence electrons. The lowest BCUT2D eigenvalue weighted by Gasteiger charge is -1.97. The number of methoxy groups -OCH3 is 1. The molecule has 0 aliphatic rings. The fourth-order valence-electron chi connectivity index (χ4n) is 2.09. The maximum Gasteiger partial charge on any atom is 0.214 e. The van der Waals surface area contributed by atoms with Crippen molar-refractivity contribution in [3.63, 3.8) is 0 Å². The SMILES string of the molecule is COc1ccc2c(n1)sc1nc(-c3c[nH]c(=S)cn3)cn12. The van der Waals surface area contributed by atoms with Gasteiger partial charge in [-0.2, -0.15) is 0 Å². The standard InChI is InChI=1S/C13H9N5OS2/c1-19-10-3-2-9-12(17-10)21-13-16-8(6-18(9)13)7-4-15-11(20)5-14-7/h2-6H,1H3,(H,15,20). The number of pyridine rings is 1. The van der Waals surface area contributed by atoms with E-state index in [9.17, 15) is 0 Å². The molecule has 0 saturated carbocycles. The van der Waals surface area contributed by atoms with Crippen LogP contribution in [0.5, 0.6) is 5.88 Å². The van der Waals surface area contributed by atoms with E-state index in [0.29, 0.717) is 10.5 Å². The number of aromatic amines is 1. The first-order valence-electron chi connectivity index (χ1n) is 6.12. The first-order valence-corrected chi connectivity index (χ1v) is 7.35. The number of hydrogen-bond donors (Lipinski definition) is 1. The van der Waals surface area contributed by atoms with Gasteiger partial charge in [0.2, 0.25) is 5.88 Å². The van der Waals surface area contributed by atoms with Gasteiger partial charge < -0.3 is 9.72 Å². The van der Waals surface area contributed by atoms with Crippen molar-refractivity contribution in [2.45, 2.75) is 0 Å². The van der Waals surface area contributed by atoms with Crippen molar-refractivity contribution in [2.24, 2.45) is 0 Å². The predicted octanol–water partition coefficient (Wildman–Crippen LogP) is 3.07. The van der Waals surface area contributed by atoms with E-state index < -0.39 is 0 Å². The predicted molar refractivity (Wildman–Crippen MR) is 83.3 cm³/mol. The van der Waals surface area contributed by atoms with Gasteiger partial charge in [-0.3, -0.25) is 4.40 Å². The first-order chi connectivity index (χ1) is 10.2. The molecule has 0 radical (unpaired) electrons. The summed E-state index contributed by atoms with van der Waals surface area (Å²) in [5.41, 5.74) is 2.55. The van der Waals surface area contributed by atoms with Crippen LogP contribution < -0.4 is 4.74 Å². The molecule has 0 saturated heterocycles. The maximum atomic E-state index is 5.14. The van der Waals surface area contributed by atoms with Gasteiger partial charge in [0.25, 0.3) is 0 Å². The number of rotatable bonds is 2. The molecule has 0 bridgehead atoms. The van der Waals surface area contributed by atoms with Crippen LogP contribution in [0.1, 0.15) is 0 Å². The van der Waals surface area contributed by atoms with E-state index in [1.165, 1.54) is 11.3 Å². The van der Waals surface area contributed by atoms with Crippen LogP contribution in [0.15, 0.2) is 30.7 Å². The largest absolute Gasteiger partial charge is 0.481 e. The van der Waals surface area contributed by atoms with Crippen LogP contribution in [0.25, 0.3) is 26.7 Å². The highest BCUT2D eigenvalue weighted by molar-refractivity contribution is 7.71. The van der Waals surface area contributed by atoms with Crippen LogP contribution in [0.3, 0.4) is 0 Å². The van der Waals surface area contributed by atoms with Crippen LogP contribution in [0.4, 0.5) is 0 Å². The van der Waals surface area contributed by atoms with Gasteiger partial charge in [-0.25, -0.2) is 15.0 Å². The lowest BCUT2D eigenvalue weighted by Crippen LogP contribution is -1.87. The first kappa shape index (κ1) is 12.4. The minimum atomic E-state index is 0.599. The number of fused-ring (bicyclic) bond motifs is 3. The Morgan fingerprint density at radius 3 is 2.95 bits per heavy atom. The molecule has 0 unspecified atom stereocenters. The summed E-state index contributed by atoms with van der Waals surface area (Å²) < 4.78 is 7.74. The fraction of sp³-hybridized carbons (Fsp3) is 0.0769. The minimum absolute atomic E-state index is 0.599. The van der Waals surface area contributed by atoms with Crippen molar-refractivity contribution in [3.8, 4) is 17.3 Å². The molecule has 0 aliphatic carbocycles. The Hall–Kier alpha value is -2.32. The van der Waals surface area contributed by atoms with E-state index >= 15 is 0 Å². The quantitative estimate of drug-likeness (QED) is 0.576. The molecule has 6 nitrogen and oxygen atoms in total. The number of aromatic nitrogens is 5. The topological polar surface area (TPSA) is 68.1 Å². The second-order valence-corrected chi connectivity index (χ2v) is 5.75. The molecule has 1 N–H and O–H groups in total. The molecule has 8 heteroatoms. The number of nitrogens with zero attached hydrogens (tertiary/aromatic N) is 4. The van der Waals surface area contributed by atoms with Crippen molar-refractivity contribution in [1.82, 2.24) is 24.3 Å². The number of hydrogen-bond acceptors (Lipinski definition) is 6. The Balaban J connectivity index is 1.90. The van der Waals surface area contributed by atoms with Gasteiger partial charge >= 0.3 is 0 Å².